The van der Waals surface area contributed by atoms with E-state index in [4.69, 9.17) is 0 Å². The van der Waals surface area contributed by atoms with E-state index in [9.17, 15) is 4.39 Å². The molecule has 1 aromatic heterocycles. The maximum Gasteiger partial charge on any atom is 0.132 e. The zero-order valence-corrected chi connectivity index (χ0v) is 7.42. The molecule has 1 nitrogen and oxygen atoms in total. The van der Waals surface area contributed by atoms with E-state index < -0.39 is 0 Å². The molecule has 0 fully saturated rings. The molecule has 0 bridgehead atoms. The topological polar surface area (TPSA) is 12.9 Å². The molecule has 2 rings (SSSR count). The van der Waals surface area contributed by atoms with Crippen molar-refractivity contribution in [2.75, 3.05) is 0 Å². The predicted octanol–water partition coefficient (Wildman–Crippen LogP) is 2.94. The minimum absolute atomic E-state index is 0.194. The van der Waals surface area contributed by atoms with Gasteiger partial charge >= 0.3 is 0 Å². The number of aromatic nitrogens is 1. The number of hydrogen-bond donors (Lipinski definition) is 0. The van der Waals surface area contributed by atoms with Gasteiger partial charge in [0.1, 0.15) is 5.82 Å². The lowest BCUT2D eigenvalue weighted by Crippen LogP contribution is -1.87. The Labute approximate surface area is 76.2 Å². The second-order valence-electron chi connectivity index (χ2n) is 2.98. The first-order chi connectivity index (χ1) is 6.33. The lowest BCUT2D eigenvalue weighted by Gasteiger charge is -2.03. The molecule has 66 valence electrons. The average molecular weight is 175 g/mol. The van der Waals surface area contributed by atoms with E-state index in [0.29, 0.717) is 5.39 Å². The molecule has 0 aliphatic carbocycles. The fourth-order valence-corrected chi connectivity index (χ4v) is 1.53. The normalized spacial score (nSPS) is 10.6. The molecular formula is C11H10FN. The molecule has 0 unspecified atom stereocenters. The van der Waals surface area contributed by atoms with Crippen LogP contribution >= 0.6 is 0 Å². The van der Waals surface area contributed by atoms with Crippen LogP contribution in [0, 0.1) is 5.82 Å². The third kappa shape index (κ3) is 1.28. The Balaban J connectivity index is 2.84. The van der Waals surface area contributed by atoms with Gasteiger partial charge < -0.3 is 0 Å². The molecule has 13 heavy (non-hydrogen) atoms. The van der Waals surface area contributed by atoms with Crippen molar-refractivity contribution in [3.63, 3.8) is 0 Å². The van der Waals surface area contributed by atoms with Gasteiger partial charge in [0.15, 0.2) is 0 Å². The molecule has 0 spiro atoms. The van der Waals surface area contributed by atoms with Crippen LogP contribution in [0.5, 0.6) is 0 Å². The Morgan fingerprint density at radius 1 is 1.23 bits per heavy atom. The number of pyridine rings is 1. The molecule has 0 N–H and O–H groups in total. The number of halogens is 1. The van der Waals surface area contributed by atoms with E-state index in [0.717, 1.165) is 11.8 Å². The first-order valence-corrected chi connectivity index (χ1v) is 4.34. The molecule has 2 heteroatoms. The molecule has 0 atom stereocenters. The first kappa shape index (κ1) is 8.17. The number of aryl methyl sites for hydroxylation is 1. The van der Waals surface area contributed by atoms with E-state index in [1.807, 2.05) is 12.1 Å². The summed E-state index contributed by atoms with van der Waals surface area (Å²) in [4.78, 5) is 3.91. The lowest BCUT2D eigenvalue weighted by molar-refractivity contribution is 0.639. The Morgan fingerprint density at radius 2 is 2.08 bits per heavy atom. The highest BCUT2D eigenvalue weighted by atomic mass is 19.1. The van der Waals surface area contributed by atoms with E-state index in [1.54, 1.807) is 12.4 Å². The van der Waals surface area contributed by atoms with Gasteiger partial charge in [-0.05, 0) is 29.5 Å². The van der Waals surface area contributed by atoms with Crippen LogP contribution in [0.15, 0.2) is 30.6 Å². The number of benzene rings is 1. The van der Waals surface area contributed by atoms with Crippen LogP contribution in [-0.2, 0) is 6.42 Å². The Hall–Kier alpha value is -1.44. The molecular weight excluding hydrogens is 165 g/mol. The summed E-state index contributed by atoms with van der Waals surface area (Å²) in [6.07, 6.45) is 4.19. The van der Waals surface area contributed by atoms with Gasteiger partial charge in [-0.15, -0.1) is 0 Å². The molecule has 0 aliphatic heterocycles. The van der Waals surface area contributed by atoms with Crippen LogP contribution in [-0.4, -0.2) is 4.98 Å². The van der Waals surface area contributed by atoms with Crippen LogP contribution in [0.25, 0.3) is 10.8 Å². The van der Waals surface area contributed by atoms with Gasteiger partial charge in [0.25, 0.3) is 0 Å². The van der Waals surface area contributed by atoms with E-state index in [-0.39, 0.29) is 5.82 Å². The lowest BCUT2D eigenvalue weighted by atomic mass is 10.0. The molecule has 2 aromatic rings. The number of fused-ring (bicyclic) bond motifs is 1. The maximum atomic E-state index is 13.3. The summed E-state index contributed by atoms with van der Waals surface area (Å²) >= 11 is 0. The summed E-state index contributed by atoms with van der Waals surface area (Å²) in [6.45, 7) is 2.06. The number of hydrogen-bond acceptors (Lipinski definition) is 1. The summed E-state index contributed by atoms with van der Waals surface area (Å²) < 4.78 is 13.3. The van der Waals surface area contributed by atoms with Gasteiger partial charge in [0.2, 0.25) is 0 Å². The van der Waals surface area contributed by atoms with E-state index in [1.165, 1.54) is 11.6 Å². The van der Waals surface area contributed by atoms with Crippen LogP contribution in [0.3, 0.4) is 0 Å². The zero-order valence-electron chi connectivity index (χ0n) is 7.42. The van der Waals surface area contributed by atoms with Crippen LogP contribution in [0.2, 0.25) is 0 Å². The quantitative estimate of drug-likeness (QED) is 0.649. The average Bonchev–Trinajstić information content (AvgIpc) is 2.19. The van der Waals surface area contributed by atoms with Crippen molar-refractivity contribution in [3.8, 4) is 0 Å². The molecule has 0 amide bonds. The van der Waals surface area contributed by atoms with Crippen LogP contribution in [0.1, 0.15) is 12.5 Å². The summed E-state index contributed by atoms with van der Waals surface area (Å²) in [5, 5.41) is 1.58. The Bertz CT molecular complexity index is 437. The second kappa shape index (κ2) is 3.13. The van der Waals surface area contributed by atoms with Gasteiger partial charge in [-0.25, -0.2) is 4.39 Å². The third-order valence-corrected chi connectivity index (χ3v) is 2.24. The van der Waals surface area contributed by atoms with Gasteiger partial charge in [0, 0.05) is 17.8 Å². The zero-order chi connectivity index (χ0) is 9.26. The van der Waals surface area contributed by atoms with Crippen LogP contribution in [0.4, 0.5) is 4.39 Å². The highest BCUT2D eigenvalue weighted by Crippen LogP contribution is 2.20. The van der Waals surface area contributed by atoms with Crippen molar-refractivity contribution in [1.29, 1.82) is 0 Å². The smallest absolute Gasteiger partial charge is 0.132 e. The second-order valence-corrected chi connectivity index (χ2v) is 2.98. The minimum Gasteiger partial charge on any atom is -0.264 e. The van der Waals surface area contributed by atoms with Gasteiger partial charge in [0.05, 0.1) is 0 Å². The van der Waals surface area contributed by atoms with Gasteiger partial charge in [-0.2, -0.15) is 0 Å². The number of nitrogens with zero attached hydrogens (tertiary/aromatic N) is 1. The van der Waals surface area contributed by atoms with Gasteiger partial charge in [-0.1, -0.05) is 13.0 Å². The summed E-state index contributed by atoms with van der Waals surface area (Å²) in [5.74, 6) is -0.194. The number of rotatable bonds is 1. The van der Waals surface area contributed by atoms with Crippen molar-refractivity contribution in [2.45, 2.75) is 13.3 Å². The van der Waals surface area contributed by atoms with Crippen molar-refractivity contribution in [3.05, 3.63) is 42.0 Å². The molecule has 0 aliphatic rings. The Kier molecular flexibility index (Phi) is 1.97. The van der Waals surface area contributed by atoms with Crippen molar-refractivity contribution >= 4 is 10.8 Å². The molecule has 1 heterocycles. The predicted molar refractivity (Wildman–Crippen MR) is 51.1 cm³/mol. The van der Waals surface area contributed by atoms with E-state index in [2.05, 4.69) is 11.9 Å². The molecule has 0 saturated carbocycles. The fourth-order valence-electron chi connectivity index (χ4n) is 1.53. The van der Waals surface area contributed by atoms with Crippen molar-refractivity contribution < 1.29 is 4.39 Å². The Morgan fingerprint density at radius 3 is 2.85 bits per heavy atom. The molecule has 1 aromatic carbocycles. The largest absolute Gasteiger partial charge is 0.264 e. The summed E-state index contributed by atoms with van der Waals surface area (Å²) in [6, 6.07) is 5.19. The SMILES string of the molecule is CCc1ccc(F)c2cnccc12. The highest BCUT2D eigenvalue weighted by Gasteiger charge is 2.03. The van der Waals surface area contributed by atoms with E-state index >= 15 is 0 Å². The maximum absolute atomic E-state index is 13.3. The highest BCUT2D eigenvalue weighted by molar-refractivity contribution is 5.85. The third-order valence-electron chi connectivity index (χ3n) is 2.24. The first-order valence-electron chi connectivity index (χ1n) is 4.34. The molecule has 0 radical (unpaired) electrons. The van der Waals surface area contributed by atoms with Crippen molar-refractivity contribution in [2.24, 2.45) is 0 Å². The summed E-state index contributed by atoms with van der Waals surface area (Å²) in [7, 11) is 0. The summed E-state index contributed by atoms with van der Waals surface area (Å²) in [5.41, 5.74) is 1.17. The fraction of sp³-hybridized carbons (Fsp3) is 0.182. The van der Waals surface area contributed by atoms with Gasteiger partial charge in [-0.3, -0.25) is 4.98 Å². The van der Waals surface area contributed by atoms with Crippen LogP contribution < -0.4 is 0 Å². The standard InChI is InChI=1S/C11H10FN/c1-2-8-3-4-11(12)10-7-13-6-5-9(8)10/h3-7H,2H2,1H3. The minimum atomic E-state index is -0.194. The monoisotopic (exact) mass is 175 g/mol. The van der Waals surface area contributed by atoms with Crippen molar-refractivity contribution in [1.82, 2.24) is 4.98 Å². The molecule has 0 saturated heterocycles.